The zero-order chi connectivity index (χ0) is 13.8. The van der Waals surface area contributed by atoms with E-state index in [1.807, 2.05) is 6.92 Å². The Hall–Kier alpha value is -2.04. The molecule has 0 heterocycles. The average Bonchev–Trinajstić information content (AvgIpc) is 3.20. The van der Waals surface area contributed by atoms with Crippen LogP contribution in [-0.4, -0.2) is 23.0 Å². The van der Waals surface area contributed by atoms with E-state index in [1.54, 1.807) is 24.3 Å². The Bertz CT molecular complexity index is 483. The van der Waals surface area contributed by atoms with Gasteiger partial charge < -0.3 is 15.7 Å². The van der Waals surface area contributed by atoms with Crippen molar-refractivity contribution in [3.63, 3.8) is 0 Å². The Labute approximate surface area is 112 Å². The van der Waals surface area contributed by atoms with Crippen LogP contribution in [0.4, 0.5) is 11.4 Å². The quantitative estimate of drug-likeness (QED) is 0.735. The summed E-state index contributed by atoms with van der Waals surface area (Å²) in [7, 11) is 0. The Kier molecular flexibility index (Phi) is 4.04. The van der Waals surface area contributed by atoms with Gasteiger partial charge >= 0.3 is 5.97 Å². The van der Waals surface area contributed by atoms with Gasteiger partial charge in [-0.3, -0.25) is 4.79 Å². The molecular weight excluding hydrogens is 244 g/mol. The summed E-state index contributed by atoms with van der Waals surface area (Å²) in [5, 5.41) is 14.8. The maximum absolute atomic E-state index is 11.6. The zero-order valence-corrected chi connectivity index (χ0v) is 10.8. The van der Waals surface area contributed by atoms with Crippen LogP contribution in [0.15, 0.2) is 24.3 Å². The fourth-order valence-corrected chi connectivity index (χ4v) is 1.82. The molecule has 5 heteroatoms. The van der Waals surface area contributed by atoms with E-state index in [1.165, 1.54) is 0 Å². The van der Waals surface area contributed by atoms with E-state index in [4.69, 9.17) is 5.11 Å². The molecule has 2 rings (SSSR count). The van der Waals surface area contributed by atoms with E-state index in [0.29, 0.717) is 17.8 Å². The molecule has 1 fully saturated rings. The third-order valence-corrected chi connectivity index (χ3v) is 3.13. The van der Waals surface area contributed by atoms with Crippen LogP contribution >= 0.6 is 0 Å². The first kappa shape index (κ1) is 13.4. The van der Waals surface area contributed by atoms with Gasteiger partial charge in [-0.1, -0.05) is 13.0 Å². The second kappa shape index (κ2) is 5.73. The monoisotopic (exact) mass is 262 g/mol. The largest absolute Gasteiger partial charge is 0.480 e. The van der Waals surface area contributed by atoms with Crippen LogP contribution in [0.5, 0.6) is 0 Å². The second-order valence-electron chi connectivity index (χ2n) is 4.79. The third-order valence-electron chi connectivity index (χ3n) is 3.13. The summed E-state index contributed by atoms with van der Waals surface area (Å²) in [6, 6.07) is 6.52. The van der Waals surface area contributed by atoms with Gasteiger partial charge in [0.25, 0.3) is 0 Å². The summed E-state index contributed by atoms with van der Waals surface area (Å²) in [5.41, 5.74) is 1.39. The highest BCUT2D eigenvalue weighted by Crippen LogP contribution is 2.30. The second-order valence-corrected chi connectivity index (χ2v) is 4.79. The van der Waals surface area contributed by atoms with Crippen molar-refractivity contribution < 1.29 is 14.7 Å². The van der Waals surface area contributed by atoms with Crippen molar-refractivity contribution in [3.8, 4) is 0 Å². The van der Waals surface area contributed by atoms with Crippen molar-refractivity contribution in [2.75, 3.05) is 10.6 Å². The van der Waals surface area contributed by atoms with Gasteiger partial charge in [0.15, 0.2) is 0 Å². The van der Waals surface area contributed by atoms with Crippen molar-refractivity contribution in [1.82, 2.24) is 0 Å². The normalized spacial score (nSPS) is 15.6. The van der Waals surface area contributed by atoms with Gasteiger partial charge in [0.2, 0.25) is 5.91 Å². The number of carbonyl (C=O) groups excluding carboxylic acids is 1. The summed E-state index contributed by atoms with van der Waals surface area (Å²) in [6.45, 7) is 1.81. The molecule has 102 valence electrons. The highest BCUT2D eigenvalue weighted by Gasteiger charge is 2.29. The third kappa shape index (κ3) is 3.71. The van der Waals surface area contributed by atoms with Crippen molar-refractivity contribution >= 4 is 23.3 Å². The molecule has 0 bridgehead atoms. The number of rotatable bonds is 6. The molecule has 1 amide bonds. The van der Waals surface area contributed by atoms with E-state index in [0.717, 1.165) is 12.8 Å². The molecule has 1 aliphatic rings. The van der Waals surface area contributed by atoms with Crippen LogP contribution in [0.1, 0.15) is 26.2 Å². The van der Waals surface area contributed by atoms with Gasteiger partial charge in [-0.15, -0.1) is 0 Å². The van der Waals surface area contributed by atoms with Gasteiger partial charge in [-0.25, -0.2) is 4.79 Å². The Balaban J connectivity index is 2.01. The lowest BCUT2D eigenvalue weighted by atomic mass is 10.2. The SMILES string of the molecule is CCC(Nc1cccc(NC(=O)C2CC2)c1)C(=O)O. The molecule has 3 N–H and O–H groups in total. The lowest BCUT2D eigenvalue weighted by Crippen LogP contribution is -2.28. The topological polar surface area (TPSA) is 78.4 Å². The summed E-state index contributed by atoms with van der Waals surface area (Å²) in [6.07, 6.45) is 2.41. The Morgan fingerprint density at radius 3 is 2.63 bits per heavy atom. The molecule has 0 spiro atoms. The number of hydrogen-bond acceptors (Lipinski definition) is 3. The average molecular weight is 262 g/mol. The predicted molar refractivity (Wildman–Crippen MR) is 73.1 cm³/mol. The van der Waals surface area contributed by atoms with Crippen molar-refractivity contribution in [2.45, 2.75) is 32.2 Å². The molecule has 1 aromatic carbocycles. The minimum absolute atomic E-state index is 0.0439. The molecule has 0 radical (unpaired) electrons. The number of carboxylic acids is 1. The highest BCUT2D eigenvalue weighted by atomic mass is 16.4. The maximum Gasteiger partial charge on any atom is 0.326 e. The number of anilines is 2. The van der Waals surface area contributed by atoms with Gasteiger partial charge in [-0.05, 0) is 37.5 Å². The molecule has 1 aliphatic carbocycles. The molecule has 1 saturated carbocycles. The maximum atomic E-state index is 11.6. The number of aliphatic carboxylic acids is 1. The molecule has 0 aromatic heterocycles. The highest BCUT2D eigenvalue weighted by molar-refractivity contribution is 5.94. The summed E-state index contributed by atoms with van der Waals surface area (Å²) < 4.78 is 0. The molecule has 1 atom stereocenters. The molecule has 5 nitrogen and oxygen atoms in total. The molecule has 1 aromatic rings. The van der Waals surface area contributed by atoms with Crippen molar-refractivity contribution in [1.29, 1.82) is 0 Å². The van der Waals surface area contributed by atoms with E-state index < -0.39 is 12.0 Å². The molecule has 0 saturated heterocycles. The van der Waals surface area contributed by atoms with Crippen LogP contribution in [0, 0.1) is 5.92 Å². The smallest absolute Gasteiger partial charge is 0.326 e. The molecule has 1 unspecified atom stereocenters. The Morgan fingerprint density at radius 2 is 2.05 bits per heavy atom. The summed E-state index contributed by atoms with van der Waals surface area (Å²) in [4.78, 5) is 22.6. The lowest BCUT2D eigenvalue weighted by Gasteiger charge is -2.14. The predicted octanol–water partition coefficient (Wildman–Crippen LogP) is 2.31. The van der Waals surface area contributed by atoms with Gasteiger partial charge in [0.1, 0.15) is 6.04 Å². The zero-order valence-electron chi connectivity index (χ0n) is 10.8. The van der Waals surface area contributed by atoms with E-state index in [9.17, 15) is 9.59 Å². The fraction of sp³-hybridized carbons (Fsp3) is 0.429. The van der Waals surface area contributed by atoms with Crippen LogP contribution in [0.3, 0.4) is 0 Å². The number of benzene rings is 1. The minimum atomic E-state index is -0.880. The standard InChI is InChI=1S/C14H18N2O3/c1-2-12(14(18)19)15-10-4-3-5-11(8-10)16-13(17)9-6-7-9/h3-5,8-9,12,15H,2,6-7H2,1H3,(H,16,17)(H,18,19). The number of amides is 1. The molecular formula is C14H18N2O3. The molecule has 19 heavy (non-hydrogen) atoms. The minimum Gasteiger partial charge on any atom is -0.480 e. The van der Waals surface area contributed by atoms with E-state index in [2.05, 4.69) is 10.6 Å². The summed E-state index contributed by atoms with van der Waals surface area (Å²) in [5.74, 6) is -0.684. The van der Waals surface area contributed by atoms with Crippen LogP contribution in [0.25, 0.3) is 0 Å². The Morgan fingerprint density at radius 1 is 1.37 bits per heavy atom. The summed E-state index contributed by atoms with van der Waals surface area (Å²) >= 11 is 0. The number of hydrogen-bond donors (Lipinski definition) is 3. The molecule has 0 aliphatic heterocycles. The van der Waals surface area contributed by atoms with E-state index >= 15 is 0 Å². The van der Waals surface area contributed by atoms with E-state index in [-0.39, 0.29) is 11.8 Å². The number of carboxylic acid groups (broad SMARTS) is 1. The number of carbonyl (C=O) groups is 2. The van der Waals surface area contributed by atoms with Crippen LogP contribution in [-0.2, 0) is 9.59 Å². The first-order chi connectivity index (χ1) is 9.10. The van der Waals surface area contributed by atoms with Crippen LogP contribution in [0.2, 0.25) is 0 Å². The van der Waals surface area contributed by atoms with Gasteiger partial charge in [0, 0.05) is 17.3 Å². The van der Waals surface area contributed by atoms with Gasteiger partial charge in [-0.2, -0.15) is 0 Å². The fourth-order valence-electron chi connectivity index (χ4n) is 1.82. The van der Waals surface area contributed by atoms with Gasteiger partial charge in [0.05, 0.1) is 0 Å². The van der Waals surface area contributed by atoms with Crippen molar-refractivity contribution in [2.24, 2.45) is 5.92 Å². The lowest BCUT2D eigenvalue weighted by molar-refractivity contribution is -0.138. The van der Waals surface area contributed by atoms with Crippen molar-refractivity contribution in [3.05, 3.63) is 24.3 Å². The first-order valence-corrected chi connectivity index (χ1v) is 6.50. The number of nitrogens with one attached hydrogen (secondary N) is 2. The van der Waals surface area contributed by atoms with Crippen LogP contribution < -0.4 is 10.6 Å². The first-order valence-electron chi connectivity index (χ1n) is 6.50.